The van der Waals surface area contributed by atoms with E-state index in [1.54, 1.807) is 5.38 Å². The number of carbonyl (C=O) groups is 1. The number of thiazole rings is 1. The molecular formula is C14H17N3O2S. The van der Waals surface area contributed by atoms with Gasteiger partial charge in [-0.25, -0.2) is 4.98 Å². The van der Waals surface area contributed by atoms with Crippen molar-refractivity contribution in [3.8, 4) is 5.75 Å². The number of nitrogens with two attached hydrogens (primary N) is 1. The van der Waals surface area contributed by atoms with E-state index >= 15 is 0 Å². The molecule has 0 aliphatic carbocycles. The van der Waals surface area contributed by atoms with Crippen molar-refractivity contribution in [1.82, 2.24) is 10.3 Å². The Morgan fingerprint density at radius 3 is 2.80 bits per heavy atom. The van der Waals surface area contributed by atoms with Crippen LogP contribution in [0.5, 0.6) is 5.75 Å². The highest BCUT2D eigenvalue weighted by molar-refractivity contribution is 7.09. The largest absolute Gasteiger partial charge is 0.492 e. The molecule has 2 aromatic rings. The minimum Gasteiger partial charge on any atom is -0.492 e. The lowest BCUT2D eigenvalue weighted by atomic mass is 10.2. The molecular weight excluding hydrogens is 274 g/mol. The Morgan fingerprint density at radius 2 is 2.15 bits per heavy atom. The predicted molar refractivity (Wildman–Crippen MR) is 79.0 cm³/mol. The summed E-state index contributed by atoms with van der Waals surface area (Å²) in [6.07, 6.45) is 0. The van der Waals surface area contributed by atoms with Crippen LogP contribution in [0.4, 0.5) is 0 Å². The van der Waals surface area contributed by atoms with E-state index < -0.39 is 0 Å². The number of ether oxygens (including phenoxy) is 1. The van der Waals surface area contributed by atoms with Crippen LogP contribution in [0.2, 0.25) is 0 Å². The van der Waals surface area contributed by atoms with Crippen LogP contribution in [0.25, 0.3) is 0 Å². The molecule has 0 aliphatic heterocycles. The van der Waals surface area contributed by atoms with Crippen LogP contribution in [0, 0.1) is 6.92 Å². The summed E-state index contributed by atoms with van der Waals surface area (Å²) in [4.78, 5) is 15.9. The van der Waals surface area contributed by atoms with Crippen LogP contribution in [0.15, 0.2) is 29.6 Å². The Bertz CT molecular complexity index is 566. The van der Waals surface area contributed by atoms with Crippen molar-refractivity contribution in [2.45, 2.75) is 13.5 Å². The van der Waals surface area contributed by atoms with Crippen molar-refractivity contribution >= 4 is 17.2 Å². The molecule has 0 saturated heterocycles. The molecule has 0 aliphatic rings. The van der Waals surface area contributed by atoms with E-state index in [9.17, 15) is 4.79 Å². The molecule has 0 spiro atoms. The quantitative estimate of drug-likeness (QED) is 0.794. The second-order valence-corrected chi connectivity index (χ2v) is 5.19. The molecule has 20 heavy (non-hydrogen) atoms. The molecule has 6 heteroatoms. The molecule has 106 valence electrons. The van der Waals surface area contributed by atoms with Crippen LogP contribution in [0.1, 0.15) is 21.1 Å². The highest BCUT2D eigenvalue weighted by Crippen LogP contribution is 2.11. The summed E-state index contributed by atoms with van der Waals surface area (Å²) in [5.41, 5.74) is 7.05. The van der Waals surface area contributed by atoms with Crippen molar-refractivity contribution in [3.05, 3.63) is 45.9 Å². The minimum atomic E-state index is -0.201. The van der Waals surface area contributed by atoms with Gasteiger partial charge >= 0.3 is 0 Å². The smallest absolute Gasteiger partial charge is 0.270 e. The Labute approximate surface area is 121 Å². The number of rotatable bonds is 6. The third kappa shape index (κ3) is 4.04. The number of hydrogen-bond donors (Lipinski definition) is 2. The molecule has 0 saturated carbocycles. The Hall–Kier alpha value is -1.92. The van der Waals surface area contributed by atoms with Crippen molar-refractivity contribution in [1.29, 1.82) is 0 Å². The zero-order valence-electron chi connectivity index (χ0n) is 11.3. The Balaban J connectivity index is 1.72. The second kappa shape index (κ2) is 7.02. The van der Waals surface area contributed by atoms with E-state index in [0.717, 1.165) is 10.8 Å². The Kier molecular flexibility index (Phi) is 5.09. The van der Waals surface area contributed by atoms with Crippen molar-refractivity contribution < 1.29 is 9.53 Å². The molecule has 1 aromatic heterocycles. The highest BCUT2D eigenvalue weighted by atomic mass is 32.1. The Morgan fingerprint density at radius 1 is 1.40 bits per heavy atom. The lowest BCUT2D eigenvalue weighted by Crippen LogP contribution is -2.28. The van der Waals surface area contributed by atoms with Gasteiger partial charge in [-0.05, 0) is 19.1 Å². The van der Waals surface area contributed by atoms with Gasteiger partial charge in [-0.1, -0.05) is 17.7 Å². The van der Waals surface area contributed by atoms with Crippen molar-refractivity contribution in [3.63, 3.8) is 0 Å². The van der Waals surface area contributed by atoms with E-state index in [0.29, 0.717) is 25.4 Å². The average molecular weight is 291 g/mol. The minimum absolute atomic E-state index is 0.201. The van der Waals surface area contributed by atoms with Gasteiger partial charge in [0.05, 0.1) is 6.54 Å². The zero-order valence-corrected chi connectivity index (χ0v) is 12.1. The van der Waals surface area contributed by atoms with Crippen LogP contribution in [0.3, 0.4) is 0 Å². The summed E-state index contributed by atoms with van der Waals surface area (Å²) in [6, 6.07) is 7.78. The lowest BCUT2D eigenvalue weighted by molar-refractivity contribution is 0.0942. The molecule has 0 fully saturated rings. The molecule has 1 amide bonds. The topological polar surface area (TPSA) is 77.2 Å². The summed E-state index contributed by atoms with van der Waals surface area (Å²) < 4.78 is 5.52. The van der Waals surface area contributed by atoms with Crippen LogP contribution >= 0.6 is 11.3 Å². The summed E-state index contributed by atoms with van der Waals surface area (Å²) >= 11 is 1.39. The molecule has 2 rings (SSSR count). The number of benzene rings is 1. The monoisotopic (exact) mass is 291 g/mol. The van der Waals surface area contributed by atoms with Gasteiger partial charge in [0, 0.05) is 11.9 Å². The van der Waals surface area contributed by atoms with Gasteiger partial charge in [0.25, 0.3) is 5.91 Å². The first kappa shape index (κ1) is 14.5. The standard InChI is InChI=1S/C14H17N3O2S/c1-10-2-4-11(5-3-10)19-7-6-16-14(18)12-9-20-13(8-15)17-12/h2-5,9H,6-8,15H2,1H3,(H,16,18). The molecule has 3 N–H and O–H groups in total. The van der Waals surface area contributed by atoms with Gasteiger partial charge in [0.2, 0.25) is 0 Å². The van der Waals surface area contributed by atoms with Crippen LogP contribution in [-0.2, 0) is 6.54 Å². The van der Waals surface area contributed by atoms with E-state index in [1.807, 2.05) is 31.2 Å². The lowest BCUT2D eigenvalue weighted by Gasteiger charge is -2.07. The third-order valence-electron chi connectivity index (χ3n) is 2.64. The van der Waals surface area contributed by atoms with Crippen molar-refractivity contribution in [2.75, 3.05) is 13.2 Å². The number of hydrogen-bond acceptors (Lipinski definition) is 5. The maximum absolute atomic E-state index is 11.8. The maximum Gasteiger partial charge on any atom is 0.270 e. The summed E-state index contributed by atoms with van der Waals surface area (Å²) in [5.74, 6) is 0.595. The number of nitrogens with one attached hydrogen (secondary N) is 1. The van der Waals surface area contributed by atoms with E-state index in [2.05, 4.69) is 10.3 Å². The van der Waals surface area contributed by atoms with Gasteiger partial charge in [0.1, 0.15) is 23.1 Å². The normalized spacial score (nSPS) is 10.3. The van der Waals surface area contributed by atoms with Gasteiger partial charge in [-0.3, -0.25) is 4.79 Å². The van der Waals surface area contributed by atoms with Crippen LogP contribution < -0.4 is 15.8 Å². The van der Waals surface area contributed by atoms with E-state index in [1.165, 1.54) is 16.9 Å². The highest BCUT2D eigenvalue weighted by Gasteiger charge is 2.09. The fourth-order valence-electron chi connectivity index (χ4n) is 1.57. The van der Waals surface area contributed by atoms with E-state index in [-0.39, 0.29) is 5.91 Å². The van der Waals surface area contributed by atoms with Gasteiger partial charge < -0.3 is 15.8 Å². The third-order valence-corrected chi connectivity index (χ3v) is 3.51. The number of nitrogens with zero attached hydrogens (tertiary/aromatic N) is 1. The molecule has 0 unspecified atom stereocenters. The fourth-order valence-corrected chi connectivity index (χ4v) is 2.22. The summed E-state index contributed by atoms with van der Waals surface area (Å²) in [6.45, 7) is 3.23. The van der Waals surface area contributed by atoms with Crippen LogP contribution in [-0.4, -0.2) is 24.0 Å². The zero-order chi connectivity index (χ0) is 14.4. The second-order valence-electron chi connectivity index (χ2n) is 4.25. The number of amides is 1. The molecule has 0 bridgehead atoms. The summed E-state index contributed by atoms with van der Waals surface area (Å²) in [7, 11) is 0. The van der Waals surface area contributed by atoms with E-state index in [4.69, 9.17) is 10.5 Å². The predicted octanol–water partition coefficient (Wildman–Crippen LogP) is 1.72. The molecule has 1 heterocycles. The summed E-state index contributed by atoms with van der Waals surface area (Å²) in [5, 5.41) is 5.22. The fraction of sp³-hybridized carbons (Fsp3) is 0.286. The van der Waals surface area contributed by atoms with Crippen molar-refractivity contribution in [2.24, 2.45) is 5.73 Å². The molecule has 1 aromatic carbocycles. The molecule has 0 radical (unpaired) electrons. The molecule has 5 nitrogen and oxygen atoms in total. The first-order chi connectivity index (χ1) is 9.69. The van der Waals surface area contributed by atoms with Gasteiger partial charge in [-0.15, -0.1) is 11.3 Å². The first-order valence-corrected chi connectivity index (χ1v) is 7.19. The van der Waals surface area contributed by atoms with Gasteiger partial charge in [0.15, 0.2) is 0 Å². The average Bonchev–Trinajstić information content (AvgIpc) is 2.94. The number of aromatic nitrogens is 1. The maximum atomic E-state index is 11.8. The van der Waals surface area contributed by atoms with Gasteiger partial charge in [-0.2, -0.15) is 0 Å². The number of aryl methyl sites for hydroxylation is 1. The first-order valence-electron chi connectivity index (χ1n) is 6.31. The SMILES string of the molecule is Cc1ccc(OCCNC(=O)c2csc(CN)n2)cc1. The molecule has 0 atom stereocenters. The number of carbonyl (C=O) groups excluding carboxylic acids is 1.